The van der Waals surface area contributed by atoms with Crippen molar-refractivity contribution in [3.8, 4) is 0 Å². The van der Waals surface area contributed by atoms with Crippen molar-refractivity contribution in [1.82, 2.24) is 60.9 Å². The molecule has 0 saturated carbocycles. The molecule has 1 saturated heterocycles. The summed E-state index contributed by atoms with van der Waals surface area (Å²) in [5.41, 5.74) is 0. The standard InChI is InChI=1S/C61H112N12O12/c1-25-42-57(81)67(18)32-47(74)68(19)43(28-33(2)3)54(78)66-48(37(10)11)60(84)69(20)44(29-34(4)5)53(77)63-40(15)52(76)64-41(16)56(80)70(21)45(30-35(6)7)58(82)71(22)46(31-36(8)9)59(83)72(23)49(38(12)13)61(85)73(24)50(55(79)65-42)51(75)39(14)26-27-62-17/h33-46,48-51,62,75H,25-32H2,1-24H3,(H,63,77)(H,64,76)(H,65,79)(H,66,78). The van der Waals surface area contributed by atoms with Crippen molar-refractivity contribution < 1.29 is 57.8 Å². The summed E-state index contributed by atoms with van der Waals surface area (Å²) in [6, 6.07) is -12.3. The number of hydrogen-bond acceptors (Lipinski definition) is 13. The van der Waals surface area contributed by atoms with Crippen LogP contribution in [-0.2, 0) is 52.7 Å². The Morgan fingerprint density at radius 1 is 0.459 bits per heavy atom. The molecular formula is C61H112N12O12. The van der Waals surface area contributed by atoms with Crippen molar-refractivity contribution in [3.63, 3.8) is 0 Å². The fraction of sp³-hybridized carbons (Fsp3) is 0.820. The lowest BCUT2D eigenvalue weighted by atomic mass is 9.91. The zero-order valence-corrected chi connectivity index (χ0v) is 56.1. The van der Waals surface area contributed by atoms with Gasteiger partial charge in [0, 0.05) is 49.3 Å². The Kier molecular flexibility index (Phi) is 31.8. The van der Waals surface area contributed by atoms with E-state index < -0.39 is 156 Å². The molecule has 1 aliphatic heterocycles. The van der Waals surface area contributed by atoms with Gasteiger partial charge in [-0.2, -0.15) is 0 Å². The summed E-state index contributed by atoms with van der Waals surface area (Å²) in [5.74, 6) is -9.67. The first-order valence-electron chi connectivity index (χ1n) is 30.6. The first-order chi connectivity index (χ1) is 39.2. The molecule has 1 rings (SSSR count). The van der Waals surface area contributed by atoms with Gasteiger partial charge in [0.2, 0.25) is 65.0 Å². The lowest BCUT2D eigenvalue weighted by molar-refractivity contribution is -0.157. The zero-order chi connectivity index (χ0) is 66.0. The molecule has 0 bridgehead atoms. The average Bonchev–Trinajstić information content (AvgIpc) is 2.61. The molecule has 1 heterocycles. The molecule has 0 aromatic carbocycles. The normalized spacial score (nSPS) is 26.8. The number of hydrogen-bond donors (Lipinski definition) is 6. The van der Waals surface area contributed by atoms with Crippen molar-refractivity contribution in [1.29, 1.82) is 0 Å². The number of aliphatic hydroxyl groups is 1. The van der Waals surface area contributed by atoms with Crippen LogP contribution in [0.5, 0.6) is 0 Å². The first-order valence-corrected chi connectivity index (χ1v) is 30.6. The molecule has 85 heavy (non-hydrogen) atoms. The minimum absolute atomic E-state index is 0.0240. The highest BCUT2D eigenvalue weighted by atomic mass is 16.3. The van der Waals surface area contributed by atoms with Crippen LogP contribution in [0.25, 0.3) is 0 Å². The molecule has 11 amide bonds. The van der Waals surface area contributed by atoms with Crippen LogP contribution in [0.15, 0.2) is 0 Å². The van der Waals surface area contributed by atoms with Gasteiger partial charge in [-0.15, -0.1) is 0 Å². The van der Waals surface area contributed by atoms with Crippen molar-refractivity contribution in [2.24, 2.45) is 41.4 Å². The lowest BCUT2D eigenvalue weighted by Crippen LogP contribution is -2.63. The number of carbonyl (C=O) groups excluding carboxylic acids is 11. The summed E-state index contributed by atoms with van der Waals surface area (Å²) in [7, 11) is 11.7. The Hall–Kier alpha value is -5.91. The fourth-order valence-corrected chi connectivity index (χ4v) is 10.7. The Morgan fingerprint density at radius 2 is 0.871 bits per heavy atom. The van der Waals surface area contributed by atoms with E-state index in [0.29, 0.717) is 13.0 Å². The predicted octanol–water partition coefficient (Wildman–Crippen LogP) is 1.91. The molecule has 0 aliphatic carbocycles. The Morgan fingerprint density at radius 3 is 1.32 bits per heavy atom. The SMILES string of the molecule is CCC1NC(=O)C(C(O)C(C)CCNC)N(C)C(=O)C(C(C)C)N(C)C(=O)C(CC(C)C)N(C)C(=O)C(CC(C)C)N(C)C(=O)C(C)NC(=O)C(C)NC(=O)C(CC(C)C)N(C)C(=O)C(C(C)C)NC(=O)C(CC(C)C)N(C)C(=O)CN(C)C1=O. The number of rotatable bonds is 16. The van der Waals surface area contributed by atoms with Crippen LogP contribution < -0.4 is 26.6 Å². The van der Waals surface area contributed by atoms with Gasteiger partial charge in [0.1, 0.15) is 60.4 Å². The highest BCUT2D eigenvalue weighted by molar-refractivity contribution is 5.99. The van der Waals surface area contributed by atoms with Crippen LogP contribution in [0, 0.1) is 41.4 Å². The van der Waals surface area contributed by atoms with Gasteiger partial charge in [-0.1, -0.05) is 96.9 Å². The molecule has 1 aliphatic rings. The van der Waals surface area contributed by atoms with Crippen LogP contribution in [0.3, 0.4) is 0 Å². The molecule has 488 valence electrons. The highest BCUT2D eigenvalue weighted by Crippen LogP contribution is 2.25. The minimum atomic E-state index is -1.60. The van der Waals surface area contributed by atoms with E-state index in [0.717, 1.165) is 9.80 Å². The summed E-state index contributed by atoms with van der Waals surface area (Å²) in [4.78, 5) is 169. The summed E-state index contributed by atoms with van der Waals surface area (Å²) < 4.78 is 0. The van der Waals surface area contributed by atoms with Crippen LogP contribution in [-0.4, -0.2) is 240 Å². The molecule has 0 aromatic heterocycles. The van der Waals surface area contributed by atoms with E-state index in [9.17, 15) is 48.3 Å². The molecule has 12 unspecified atom stereocenters. The fourth-order valence-electron chi connectivity index (χ4n) is 10.7. The number of likely N-dealkylation sites (N-methyl/N-ethyl adjacent to an activating group) is 7. The van der Waals surface area contributed by atoms with Crippen molar-refractivity contribution in [3.05, 3.63) is 0 Å². The second kappa shape index (κ2) is 35.0. The van der Waals surface area contributed by atoms with Gasteiger partial charge in [-0.3, -0.25) is 52.7 Å². The summed E-state index contributed by atoms with van der Waals surface area (Å²) >= 11 is 0. The van der Waals surface area contributed by atoms with Gasteiger partial charge < -0.3 is 66.0 Å². The van der Waals surface area contributed by atoms with Gasteiger partial charge >= 0.3 is 0 Å². The van der Waals surface area contributed by atoms with E-state index in [1.54, 1.807) is 48.6 Å². The minimum Gasteiger partial charge on any atom is -0.390 e. The molecule has 1 fully saturated rings. The Labute approximate surface area is 508 Å². The van der Waals surface area contributed by atoms with Crippen molar-refractivity contribution >= 4 is 65.0 Å². The topological polar surface area (TPSA) is 291 Å². The second-order valence-electron chi connectivity index (χ2n) is 26.2. The van der Waals surface area contributed by atoms with E-state index in [2.05, 4.69) is 26.6 Å². The van der Waals surface area contributed by atoms with E-state index >= 15 is 9.59 Å². The van der Waals surface area contributed by atoms with Crippen LogP contribution in [0.1, 0.15) is 149 Å². The maximum Gasteiger partial charge on any atom is 0.246 e. The van der Waals surface area contributed by atoms with Crippen molar-refractivity contribution in [2.75, 3.05) is 69.5 Å². The second-order valence-corrected chi connectivity index (χ2v) is 26.2. The number of nitrogens with zero attached hydrogens (tertiary/aromatic N) is 7. The third-order valence-electron chi connectivity index (χ3n) is 16.2. The maximum absolute atomic E-state index is 15.1. The molecule has 24 nitrogen and oxygen atoms in total. The van der Waals surface area contributed by atoms with Gasteiger partial charge in [0.25, 0.3) is 0 Å². The van der Waals surface area contributed by atoms with Gasteiger partial charge in [-0.05, 0) is 107 Å². The summed E-state index contributed by atoms with van der Waals surface area (Å²) in [6.07, 6.45) is -0.466. The molecular weight excluding hydrogens is 1090 g/mol. The van der Waals surface area contributed by atoms with E-state index in [1.165, 1.54) is 87.7 Å². The van der Waals surface area contributed by atoms with Gasteiger partial charge in [0.05, 0.1) is 12.6 Å². The summed E-state index contributed by atoms with van der Waals surface area (Å²) in [6.45, 7) is 28.0. The number of amides is 11. The zero-order valence-electron chi connectivity index (χ0n) is 56.1. The Bertz CT molecular complexity index is 2280. The van der Waals surface area contributed by atoms with E-state index in [1.807, 2.05) is 55.4 Å². The molecule has 6 N–H and O–H groups in total. The van der Waals surface area contributed by atoms with Crippen LogP contribution in [0.4, 0.5) is 0 Å². The van der Waals surface area contributed by atoms with E-state index in [-0.39, 0.29) is 55.8 Å². The van der Waals surface area contributed by atoms with Gasteiger partial charge in [-0.25, -0.2) is 0 Å². The van der Waals surface area contributed by atoms with Crippen LogP contribution >= 0.6 is 0 Å². The predicted molar refractivity (Wildman–Crippen MR) is 328 cm³/mol. The smallest absolute Gasteiger partial charge is 0.246 e. The quantitative estimate of drug-likeness (QED) is 0.129. The van der Waals surface area contributed by atoms with Gasteiger partial charge in [0.15, 0.2) is 0 Å². The maximum atomic E-state index is 15.1. The molecule has 0 spiro atoms. The van der Waals surface area contributed by atoms with Crippen molar-refractivity contribution in [2.45, 2.75) is 216 Å². The number of carbonyl (C=O) groups is 11. The highest BCUT2D eigenvalue weighted by Gasteiger charge is 2.46. The van der Waals surface area contributed by atoms with E-state index in [4.69, 9.17) is 0 Å². The number of nitrogens with one attached hydrogen (secondary N) is 5. The number of aliphatic hydroxyl groups excluding tert-OH is 1. The summed E-state index contributed by atoms with van der Waals surface area (Å²) in [5, 5.41) is 26.1. The lowest BCUT2D eigenvalue weighted by Gasteiger charge is -2.41. The monoisotopic (exact) mass is 1200 g/mol. The molecule has 0 aromatic rings. The first kappa shape index (κ1) is 77.1. The average molecular weight is 1210 g/mol. The molecule has 24 heteroatoms. The largest absolute Gasteiger partial charge is 0.390 e. The third kappa shape index (κ3) is 21.8. The molecule has 0 radical (unpaired) electrons. The third-order valence-corrected chi connectivity index (χ3v) is 16.2. The Balaban J connectivity index is 4.31. The molecule has 12 atom stereocenters. The van der Waals surface area contributed by atoms with Crippen LogP contribution in [0.2, 0.25) is 0 Å².